The minimum absolute atomic E-state index is 0.0186. The number of hydrogen-bond donors (Lipinski definition) is 2. The van der Waals surface area contributed by atoms with Gasteiger partial charge in [0.2, 0.25) is 0 Å². The maximum absolute atomic E-state index is 10.9. The van der Waals surface area contributed by atoms with Gasteiger partial charge < -0.3 is 29.3 Å². The molecule has 0 saturated heterocycles. The number of rotatable bonds is 8. The summed E-state index contributed by atoms with van der Waals surface area (Å²) >= 11 is 0. The monoisotopic (exact) mass is 221 g/mol. The van der Waals surface area contributed by atoms with E-state index in [1.165, 1.54) is 7.11 Å². The van der Waals surface area contributed by atoms with Gasteiger partial charge in [0, 0.05) is 6.61 Å². The Balaban J connectivity index is 3.86. The van der Waals surface area contributed by atoms with Crippen LogP contribution < -0.4 is 5.11 Å². The van der Waals surface area contributed by atoms with Crippen LogP contribution in [-0.4, -0.2) is 61.9 Å². The second-order valence-corrected chi connectivity index (χ2v) is 3.45. The maximum Gasteiger partial charge on any atom is 0.180 e. The highest BCUT2D eigenvalue weighted by Gasteiger charge is 2.17. The van der Waals surface area contributed by atoms with E-state index in [1.54, 1.807) is 7.05 Å². The SMILES string of the molecule is COC=C([O-])OCC[N+](C)(CO)CCO. The molecule has 0 rings (SSSR count). The van der Waals surface area contributed by atoms with E-state index in [1.807, 2.05) is 0 Å². The molecule has 6 heteroatoms. The number of ether oxygens (including phenoxy) is 2. The Labute approximate surface area is 89.5 Å². The molecule has 1 atom stereocenters. The summed E-state index contributed by atoms with van der Waals surface area (Å²) in [6, 6.07) is 0. The lowest BCUT2D eigenvalue weighted by atomic mass is 10.4. The van der Waals surface area contributed by atoms with Crippen molar-refractivity contribution in [2.45, 2.75) is 0 Å². The Morgan fingerprint density at radius 2 is 2.07 bits per heavy atom. The Bertz CT molecular complexity index is 197. The van der Waals surface area contributed by atoms with Crippen LogP contribution in [0.25, 0.3) is 0 Å². The smallest absolute Gasteiger partial charge is 0.180 e. The van der Waals surface area contributed by atoms with Crippen molar-refractivity contribution in [1.82, 2.24) is 0 Å². The second-order valence-electron chi connectivity index (χ2n) is 3.45. The van der Waals surface area contributed by atoms with Crippen LogP contribution in [-0.2, 0) is 9.47 Å². The molecule has 0 aliphatic rings. The van der Waals surface area contributed by atoms with Crippen LogP contribution in [0.5, 0.6) is 0 Å². The first-order chi connectivity index (χ1) is 7.08. The maximum atomic E-state index is 10.9. The fourth-order valence-electron chi connectivity index (χ4n) is 0.992. The zero-order valence-corrected chi connectivity index (χ0v) is 9.18. The molecule has 15 heavy (non-hydrogen) atoms. The Kier molecular flexibility index (Phi) is 6.85. The zero-order valence-electron chi connectivity index (χ0n) is 9.18. The van der Waals surface area contributed by atoms with E-state index in [0.29, 0.717) is 13.1 Å². The molecule has 2 N–H and O–H groups in total. The normalized spacial score (nSPS) is 15.9. The van der Waals surface area contributed by atoms with Crippen molar-refractivity contribution in [2.24, 2.45) is 0 Å². The summed E-state index contributed by atoms with van der Waals surface area (Å²) in [5.74, 6) is -0.550. The van der Waals surface area contributed by atoms with Crippen LogP contribution in [0, 0.1) is 0 Å². The van der Waals surface area contributed by atoms with Crippen LogP contribution in [0.4, 0.5) is 0 Å². The highest BCUT2D eigenvalue weighted by Crippen LogP contribution is 2.00. The highest BCUT2D eigenvalue weighted by molar-refractivity contribution is 4.68. The van der Waals surface area contributed by atoms with Gasteiger partial charge in [0.25, 0.3) is 0 Å². The molecule has 0 aliphatic carbocycles. The number of likely N-dealkylation sites (N-methyl/N-ethyl adjacent to an activating group) is 1. The number of aliphatic hydroxyl groups excluding tert-OH is 2. The number of quaternary nitrogens is 1. The fourth-order valence-corrected chi connectivity index (χ4v) is 0.992. The summed E-state index contributed by atoms with van der Waals surface area (Å²) in [6.07, 6.45) is 0.968. The minimum atomic E-state index is -0.550. The summed E-state index contributed by atoms with van der Waals surface area (Å²) in [4.78, 5) is 0. The van der Waals surface area contributed by atoms with Crippen molar-refractivity contribution in [3.8, 4) is 0 Å². The van der Waals surface area contributed by atoms with Crippen molar-refractivity contribution >= 4 is 0 Å². The molecule has 0 aromatic heterocycles. The lowest BCUT2D eigenvalue weighted by Gasteiger charge is -2.32. The molecular weight excluding hydrogens is 202 g/mol. The average Bonchev–Trinajstić information content (AvgIpc) is 2.18. The molecule has 0 bridgehead atoms. The standard InChI is InChI=1S/C9H19NO5/c1-10(8-12,3-5-11)4-6-15-9(13)7-14-2/h7,11-12H,3-6,8H2,1-2H3. The number of hydrogen-bond acceptors (Lipinski definition) is 5. The van der Waals surface area contributed by atoms with Crippen molar-refractivity contribution in [3.63, 3.8) is 0 Å². The molecule has 0 radical (unpaired) electrons. The predicted molar refractivity (Wildman–Crippen MR) is 51.1 cm³/mol. The molecular formula is C9H19NO5. The lowest BCUT2D eigenvalue weighted by molar-refractivity contribution is -0.927. The Morgan fingerprint density at radius 3 is 2.53 bits per heavy atom. The zero-order chi connectivity index (χ0) is 11.7. The van der Waals surface area contributed by atoms with Gasteiger partial charge in [-0.05, 0) is 0 Å². The van der Waals surface area contributed by atoms with Gasteiger partial charge >= 0.3 is 0 Å². The van der Waals surface area contributed by atoms with Gasteiger partial charge in [0.05, 0.1) is 33.3 Å². The van der Waals surface area contributed by atoms with Gasteiger partial charge in [0.1, 0.15) is 12.8 Å². The molecule has 0 aromatic rings. The van der Waals surface area contributed by atoms with Crippen molar-refractivity contribution in [1.29, 1.82) is 0 Å². The molecule has 0 aliphatic heterocycles. The molecule has 0 heterocycles. The molecule has 0 aromatic carbocycles. The fraction of sp³-hybridized carbons (Fsp3) is 0.778. The Hall–Kier alpha value is -0.980. The molecule has 90 valence electrons. The van der Waals surface area contributed by atoms with Crippen LogP contribution in [0.2, 0.25) is 0 Å². The van der Waals surface area contributed by atoms with Crippen molar-refractivity contribution < 1.29 is 29.3 Å². The van der Waals surface area contributed by atoms with E-state index in [-0.39, 0.29) is 24.4 Å². The van der Waals surface area contributed by atoms with E-state index in [0.717, 1.165) is 6.26 Å². The van der Waals surface area contributed by atoms with Crippen molar-refractivity contribution in [3.05, 3.63) is 12.2 Å². The highest BCUT2D eigenvalue weighted by atomic mass is 16.6. The van der Waals surface area contributed by atoms with Gasteiger partial charge in [-0.1, -0.05) is 0 Å². The van der Waals surface area contributed by atoms with Crippen LogP contribution in [0.15, 0.2) is 12.2 Å². The first-order valence-electron chi connectivity index (χ1n) is 4.66. The average molecular weight is 221 g/mol. The van der Waals surface area contributed by atoms with Gasteiger partial charge in [0.15, 0.2) is 6.73 Å². The quantitative estimate of drug-likeness (QED) is 0.287. The van der Waals surface area contributed by atoms with Crippen molar-refractivity contribution in [2.75, 3.05) is 47.2 Å². The summed E-state index contributed by atoms with van der Waals surface area (Å²) in [5.41, 5.74) is 0. The van der Waals surface area contributed by atoms with Gasteiger partial charge in [-0.3, -0.25) is 0 Å². The van der Waals surface area contributed by atoms with E-state index in [4.69, 9.17) is 14.9 Å². The molecule has 6 nitrogen and oxygen atoms in total. The second kappa shape index (κ2) is 7.33. The molecule has 0 amide bonds. The number of aliphatic hydroxyl groups is 2. The third-order valence-electron chi connectivity index (χ3n) is 2.07. The third-order valence-corrected chi connectivity index (χ3v) is 2.07. The van der Waals surface area contributed by atoms with E-state index in [2.05, 4.69) is 4.74 Å². The summed E-state index contributed by atoms with van der Waals surface area (Å²) in [5, 5.41) is 28.7. The molecule has 0 fully saturated rings. The molecule has 0 spiro atoms. The first-order valence-corrected chi connectivity index (χ1v) is 4.66. The first kappa shape index (κ1) is 14.0. The van der Waals surface area contributed by atoms with Crippen LogP contribution in [0.3, 0.4) is 0 Å². The predicted octanol–water partition coefficient (Wildman–Crippen LogP) is -1.80. The molecule has 0 saturated carbocycles. The summed E-state index contributed by atoms with van der Waals surface area (Å²) in [7, 11) is 3.13. The number of nitrogens with zero attached hydrogens (tertiary/aromatic N) is 1. The minimum Gasteiger partial charge on any atom is -0.605 e. The van der Waals surface area contributed by atoms with Gasteiger partial charge in [-0.15, -0.1) is 0 Å². The van der Waals surface area contributed by atoms with E-state index >= 15 is 0 Å². The largest absolute Gasteiger partial charge is 0.605 e. The Morgan fingerprint density at radius 1 is 1.40 bits per heavy atom. The van der Waals surface area contributed by atoms with Gasteiger partial charge in [-0.25, -0.2) is 0 Å². The van der Waals surface area contributed by atoms with Crippen LogP contribution >= 0.6 is 0 Å². The van der Waals surface area contributed by atoms with E-state index in [9.17, 15) is 5.11 Å². The van der Waals surface area contributed by atoms with Crippen LogP contribution in [0.1, 0.15) is 0 Å². The lowest BCUT2D eigenvalue weighted by Crippen LogP contribution is -2.49. The topological polar surface area (TPSA) is 82.0 Å². The molecule has 1 unspecified atom stereocenters. The third kappa shape index (κ3) is 6.16. The van der Waals surface area contributed by atoms with Gasteiger partial charge in [-0.2, -0.15) is 0 Å². The number of methoxy groups -OCH3 is 1. The summed E-state index contributed by atoms with van der Waals surface area (Å²) < 4.78 is 9.51. The summed E-state index contributed by atoms with van der Waals surface area (Å²) in [6.45, 7) is 0.916. The van der Waals surface area contributed by atoms with E-state index < -0.39 is 5.95 Å².